The van der Waals surface area contributed by atoms with Crippen LogP contribution in [0.25, 0.3) is 0 Å². The molecule has 0 aliphatic carbocycles. The topological polar surface area (TPSA) is 180 Å². The molecule has 19 heavy (non-hydrogen) atoms. The summed E-state index contributed by atoms with van der Waals surface area (Å²) in [6, 6.07) is 0. The molecule has 0 aromatic rings. The molecule has 0 spiro atoms. The minimum absolute atomic E-state index is 0.276. The van der Waals surface area contributed by atoms with Crippen LogP contribution in [0.4, 0.5) is 14.4 Å². The van der Waals surface area contributed by atoms with E-state index in [9.17, 15) is 14.4 Å². The molecule has 112 valence electrons. The van der Waals surface area contributed by atoms with Gasteiger partial charge in [-0.3, -0.25) is 0 Å². The fourth-order valence-electron chi connectivity index (χ4n) is 0.533. The number of hydrogen-bond acceptors (Lipinski definition) is 8. The van der Waals surface area contributed by atoms with Crippen molar-refractivity contribution in [2.24, 2.45) is 0 Å². The molecule has 0 bridgehead atoms. The van der Waals surface area contributed by atoms with Gasteiger partial charge in [0.25, 0.3) is 0 Å². The van der Waals surface area contributed by atoms with Crippen LogP contribution >= 0.6 is 0 Å². The molecule has 11 heteroatoms. The number of rotatable bonds is 6. The van der Waals surface area contributed by atoms with Gasteiger partial charge in [-0.1, -0.05) is 0 Å². The Balaban J connectivity index is 0. The average molecular weight is 286 g/mol. The standard InChI is InChI=1S/C4H6O6.C4H8O5/c5-3(6)9-1-2-10-4(7)8;5-1-3(2-6)9-4(7)8/h1-2H2,(H,5,6)(H,7,8);3,5-6H,1-2H2,(H,7,8). The predicted molar refractivity (Wildman–Crippen MR) is 55.0 cm³/mol. The van der Waals surface area contributed by atoms with Crippen molar-refractivity contribution in [3.63, 3.8) is 0 Å². The Morgan fingerprint density at radius 2 is 1.16 bits per heavy atom. The molecule has 0 saturated heterocycles. The van der Waals surface area contributed by atoms with Crippen molar-refractivity contribution in [3.05, 3.63) is 0 Å². The summed E-state index contributed by atoms with van der Waals surface area (Å²) < 4.78 is 11.8. The summed E-state index contributed by atoms with van der Waals surface area (Å²) >= 11 is 0. The first kappa shape index (κ1) is 19.1. The molecule has 0 heterocycles. The lowest BCUT2D eigenvalue weighted by molar-refractivity contribution is -0.00280. The molecule has 0 aliphatic rings. The third kappa shape index (κ3) is 18.3. The van der Waals surface area contributed by atoms with Gasteiger partial charge in [-0.2, -0.15) is 0 Å². The average Bonchev–Trinajstić information content (AvgIpc) is 2.31. The number of hydrogen-bond donors (Lipinski definition) is 5. The zero-order valence-electron chi connectivity index (χ0n) is 9.59. The number of aliphatic hydroxyl groups excluding tert-OH is 2. The van der Waals surface area contributed by atoms with Crippen molar-refractivity contribution in [1.82, 2.24) is 0 Å². The third-order valence-electron chi connectivity index (χ3n) is 1.21. The lowest BCUT2D eigenvalue weighted by Gasteiger charge is -2.07. The fourth-order valence-corrected chi connectivity index (χ4v) is 0.533. The molecule has 0 aromatic heterocycles. The zero-order valence-corrected chi connectivity index (χ0v) is 9.59. The smallest absolute Gasteiger partial charge is 0.450 e. The van der Waals surface area contributed by atoms with Gasteiger partial charge in [0.05, 0.1) is 13.2 Å². The van der Waals surface area contributed by atoms with Crippen LogP contribution in [-0.2, 0) is 14.2 Å². The van der Waals surface area contributed by atoms with Gasteiger partial charge >= 0.3 is 18.5 Å². The molecule has 0 saturated carbocycles. The van der Waals surface area contributed by atoms with E-state index in [-0.39, 0.29) is 13.2 Å². The second-order valence-electron chi connectivity index (χ2n) is 2.60. The van der Waals surface area contributed by atoms with Crippen LogP contribution in [0.2, 0.25) is 0 Å². The number of aliphatic hydroxyl groups is 2. The quantitative estimate of drug-likeness (QED) is 0.239. The number of ether oxygens (including phenoxy) is 3. The first-order valence-corrected chi connectivity index (χ1v) is 4.66. The molecule has 0 aromatic carbocycles. The van der Waals surface area contributed by atoms with Gasteiger partial charge in [0.1, 0.15) is 13.2 Å². The normalized spacial score (nSPS) is 9.00. The Kier molecular flexibility index (Phi) is 12.2. The van der Waals surface area contributed by atoms with Crippen molar-refractivity contribution in [2.45, 2.75) is 6.10 Å². The highest BCUT2D eigenvalue weighted by Crippen LogP contribution is 1.88. The van der Waals surface area contributed by atoms with Crippen molar-refractivity contribution in [2.75, 3.05) is 26.4 Å². The minimum Gasteiger partial charge on any atom is -0.450 e. The summed E-state index contributed by atoms with van der Waals surface area (Å²) in [6.07, 6.45) is -5.41. The van der Waals surface area contributed by atoms with Gasteiger partial charge in [-0.05, 0) is 0 Å². The van der Waals surface area contributed by atoms with E-state index in [1.807, 2.05) is 0 Å². The van der Waals surface area contributed by atoms with E-state index in [2.05, 4.69) is 14.2 Å². The lowest BCUT2D eigenvalue weighted by Crippen LogP contribution is -2.24. The highest BCUT2D eigenvalue weighted by molar-refractivity contribution is 5.57. The molecule has 0 aliphatic heterocycles. The van der Waals surface area contributed by atoms with E-state index in [0.29, 0.717) is 0 Å². The van der Waals surface area contributed by atoms with Gasteiger partial charge in [-0.25, -0.2) is 14.4 Å². The van der Waals surface area contributed by atoms with Crippen LogP contribution < -0.4 is 0 Å². The van der Waals surface area contributed by atoms with E-state index >= 15 is 0 Å². The second kappa shape index (κ2) is 12.2. The molecule has 0 amide bonds. The molecule has 0 radical (unpaired) electrons. The lowest BCUT2D eigenvalue weighted by atomic mass is 10.4. The molecular weight excluding hydrogens is 272 g/mol. The Labute approximate surface area is 106 Å². The van der Waals surface area contributed by atoms with E-state index in [1.54, 1.807) is 0 Å². The third-order valence-corrected chi connectivity index (χ3v) is 1.21. The van der Waals surface area contributed by atoms with Crippen LogP contribution in [0, 0.1) is 0 Å². The summed E-state index contributed by atoms with van der Waals surface area (Å²) in [5, 5.41) is 40.1. The van der Waals surface area contributed by atoms with Gasteiger partial charge in [0.2, 0.25) is 0 Å². The van der Waals surface area contributed by atoms with Crippen molar-refractivity contribution < 1.29 is 54.1 Å². The van der Waals surface area contributed by atoms with E-state index < -0.39 is 37.8 Å². The maximum atomic E-state index is 9.68. The fraction of sp³-hybridized carbons (Fsp3) is 0.625. The van der Waals surface area contributed by atoms with E-state index in [1.165, 1.54) is 0 Å². The summed E-state index contributed by atoms with van der Waals surface area (Å²) in [6.45, 7) is -1.55. The molecule has 0 rings (SSSR count). The first-order chi connectivity index (χ1) is 8.83. The highest BCUT2D eigenvalue weighted by Gasteiger charge is 2.09. The van der Waals surface area contributed by atoms with E-state index in [4.69, 9.17) is 25.5 Å². The Morgan fingerprint density at radius 3 is 1.32 bits per heavy atom. The van der Waals surface area contributed by atoms with Crippen LogP contribution in [0.15, 0.2) is 0 Å². The Morgan fingerprint density at radius 1 is 0.789 bits per heavy atom. The highest BCUT2D eigenvalue weighted by atomic mass is 16.7. The molecule has 11 nitrogen and oxygen atoms in total. The summed E-state index contributed by atoms with van der Waals surface area (Å²) in [5.74, 6) is 0. The van der Waals surface area contributed by atoms with Crippen molar-refractivity contribution in [3.8, 4) is 0 Å². The predicted octanol–water partition coefficient (Wildman–Crippen LogP) is -0.590. The van der Waals surface area contributed by atoms with Crippen LogP contribution in [0.5, 0.6) is 0 Å². The van der Waals surface area contributed by atoms with E-state index in [0.717, 1.165) is 0 Å². The van der Waals surface area contributed by atoms with Gasteiger partial charge in [0, 0.05) is 0 Å². The number of carbonyl (C=O) groups is 3. The first-order valence-electron chi connectivity index (χ1n) is 4.66. The molecule has 0 atom stereocenters. The molecular formula is C8H14O11. The molecule has 0 unspecified atom stereocenters. The van der Waals surface area contributed by atoms with Gasteiger partial charge in [-0.15, -0.1) is 0 Å². The monoisotopic (exact) mass is 286 g/mol. The summed E-state index contributed by atoms with van der Waals surface area (Å²) in [4.78, 5) is 28.9. The van der Waals surface area contributed by atoms with Crippen LogP contribution in [0.3, 0.4) is 0 Å². The van der Waals surface area contributed by atoms with Crippen molar-refractivity contribution >= 4 is 18.5 Å². The van der Waals surface area contributed by atoms with Crippen LogP contribution in [-0.4, -0.2) is 76.5 Å². The number of carboxylic acid groups (broad SMARTS) is 3. The Hall–Kier alpha value is -2.27. The SMILES string of the molecule is O=C(O)OC(CO)CO.O=C(O)OCCOC(=O)O. The molecule has 5 N–H and O–H groups in total. The maximum Gasteiger partial charge on any atom is 0.506 e. The summed E-state index contributed by atoms with van der Waals surface area (Å²) in [5.41, 5.74) is 0. The van der Waals surface area contributed by atoms with Crippen LogP contribution in [0.1, 0.15) is 0 Å². The minimum atomic E-state index is -1.50. The summed E-state index contributed by atoms with van der Waals surface area (Å²) in [7, 11) is 0. The molecule has 0 fully saturated rings. The van der Waals surface area contributed by atoms with Gasteiger partial charge in [0.15, 0.2) is 6.10 Å². The second-order valence-corrected chi connectivity index (χ2v) is 2.60. The largest absolute Gasteiger partial charge is 0.506 e. The van der Waals surface area contributed by atoms with Gasteiger partial charge < -0.3 is 39.7 Å². The Bertz CT molecular complexity index is 256. The maximum absolute atomic E-state index is 9.68. The zero-order chi connectivity index (χ0) is 15.3. The van der Waals surface area contributed by atoms with Crippen molar-refractivity contribution in [1.29, 1.82) is 0 Å².